The van der Waals surface area contributed by atoms with Gasteiger partial charge in [0.2, 0.25) is 11.8 Å². The van der Waals surface area contributed by atoms with Crippen LogP contribution < -0.4 is 10.1 Å². The monoisotopic (exact) mass is 468 g/mol. The Morgan fingerprint density at radius 2 is 1.87 bits per heavy atom. The molecule has 5 nitrogen and oxygen atoms in total. The molecule has 0 aromatic heterocycles. The summed E-state index contributed by atoms with van der Waals surface area (Å²) >= 11 is 13.6. The Morgan fingerprint density at radius 3 is 2.43 bits per heavy atom. The van der Waals surface area contributed by atoms with Crippen LogP contribution >= 0.6 is 35.0 Å². The van der Waals surface area contributed by atoms with E-state index in [0.717, 1.165) is 16.9 Å². The van der Waals surface area contributed by atoms with Crippen molar-refractivity contribution in [2.75, 3.05) is 19.9 Å². The second kappa shape index (κ2) is 12.1. The number of carbonyl (C=O) groups excluding carboxylic acids is 2. The number of thioether (sulfide) groups is 1. The Bertz CT molecular complexity index is 862. The van der Waals surface area contributed by atoms with Gasteiger partial charge in [0.15, 0.2) is 0 Å². The van der Waals surface area contributed by atoms with Crippen LogP contribution in [0.25, 0.3) is 0 Å². The van der Waals surface area contributed by atoms with Gasteiger partial charge in [0.05, 0.1) is 12.9 Å². The fourth-order valence-electron chi connectivity index (χ4n) is 2.98. The summed E-state index contributed by atoms with van der Waals surface area (Å²) in [6, 6.07) is 12.3. The predicted molar refractivity (Wildman–Crippen MR) is 124 cm³/mol. The molecular formula is C22H26Cl2N2O3S. The van der Waals surface area contributed by atoms with E-state index in [-0.39, 0.29) is 17.6 Å². The number of nitrogens with zero attached hydrogens (tertiary/aromatic N) is 1. The van der Waals surface area contributed by atoms with Crippen LogP contribution in [0.15, 0.2) is 42.5 Å². The molecule has 1 atom stereocenters. The molecule has 0 saturated carbocycles. The highest BCUT2D eigenvalue weighted by atomic mass is 35.5. The SMILES string of the molecule is CCC(C(=O)NC)N(Cc1ccc(OC)cc1)C(=O)CSCc1ccc(Cl)cc1Cl. The van der Waals surface area contributed by atoms with Gasteiger partial charge in [-0.25, -0.2) is 0 Å². The van der Waals surface area contributed by atoms with Crippen molar-refractivity contribution >= 4 is 46.8 Å². The molecule has 162 valence electrons. The van der Waals surface area contributed by atoms with E-state index in [9.17, 15) is 9.59 Å². The van der Waals surface area contributed by atoms with Gasteiger partial charge in [-0.2, -0.15) is 0 Å². The fraction of sp³-hybridized carbons (Fsp3) is 0.364. The lowest BCUT2D eigenvalue weighted by molar-refractivity contribution is -0.139. The first-order chi connectivity index (χ1) is 14.4. The summed E-state index contributed by atoms with van der Waals surface area (Å²) in [5.41, 5.74) is 1.84. The van der Waals surface area contributed by atoms with Crippen LogP contribution in [0.2, 0.25) is 10.0 Å². The lowest BCUT2D eigenvalue weighted by Crippen LogP contribution is -2.48. The zero-order valence-electron chi connectivity index (χ0n) is 17.3. The van der Waals surface area contributed by atoms with Crippen LogP contribution in [-0.4, -0.2) is 42.7 Å². The molecule has 0 heterocycles. The van der Waals surface area contributed by atoms with Gasteiger partial charge in [0.1, 0.15) is 11.8 Å². The number of amides is 2. The summed E-state index contributed by atoms with van der Waals surface area (Å²) in [6.45, 7) is 2.24. The molecule has 0 radical (unpaired) electrons. The van der Waals surface area contributed by atoms with Crippen LogP contribution in [0.3, 0.4) is 0 Å². The van der Waals surface area contributed by atoms with E-state index >= 15 is 0 Å². The maximum absolute atomic E-state index is 13.1. The van der Waals surface area contributed by atoms with Crippen LogP contribution in [0.1, 0.15) is 24.5 Å². The molecule has 30 heavy (non-hydrogen) atoms. The van der Waals surface area contributed by atoms with E-state index in [0.29, 0.717) is 28.8 Å². The summed E-state index contributed by atoms with van der Waals surface area (Å²) < 4.78 is 5.19. The molecule has 1 N–H and O–H groups in total. The zero-order chi connectivity index (χ0) is 22.1. The summed E-state index contributed by atoms with van der Waals surface area (Å²) in [4.78, 5) is 27.1. The van der Waals surface area contributed by atoms with Crippen LogP contribution in [0.5, 0.6) is 5.75 Å². The van der Waals surface area contributed by atoms with Gasteiger partial charge in [-0.15, -0.1) is 11.8 Å². The average molecular weight is 469 g/mol. The number of likely N-dealkylation sites (N-methyl/N-ethyl adjacent to an activating group) is 1. The molecule has 0 fully saturated rings. The first-order valence-electron chi connectivity index (χ1n) is 9.55. The number of benzene rings is 2. The van der Waals surface area contributed by atoms with E-state index in [2.05, 4.69) is 5.32 Å². The second-order valence-corrected chi connectivity index (χ2v) is 8.47. The van der Waals surface area contributed by atoms with Crippen LogP contribution in [0, 0.1) is 0 Å². The lowest BCUT2D eigenvalue weighted by Gasteiger charge is -2.30. The minimum atomic E-state index is -0.538. The topological polar surface area (TPSA) is 58.6 Å². The number of halogens is 2. The van der Waals surface area contributed by atoms with E-state index in [1.807, 2.05) is 37.3 Å². The maximum Gasteiger partial charge on any atom is 0.242 e. The van der Waals surface area contributed by atoms with Crippen molar-refractivity contribution in [1.29, 1.82) is 0 Å². The number of ether oxygens (including phenoxy) is 1. The third-order valence-corrected chi connectivity index (χ3v) is 6.20. The molecule has 0 aliphatic heterocycles. The van der Waals surface area contributed by atoms with Crippen LogP contribution in [0.4, 0.5) is 0 Å². The molecule has 8 heteroatoms. The van der Waals surface area contributed by atoms with E-state index in [4.69, 9.17) is 27.9 Å². The summed E-state index contributed by atoms with van der Waals surface area (Å²) in [5.74, 6) is 1.28. The van der Waals surface area contributed by atoms with Crippen molar-refractivity contribution in [3.63, 3.8) is 0 Å². The highest BCUT2D eigenvalue weighted by Gasteiger charge is 2.27. The Hall–Kier alpha value is -1.89. The Morgan fingerprint density at radius 1 is 1.17 bits per heavy atom. The van der Waals surface area contributed by atoms with Crippen molar-refractivity contribution < 1.29 is 14.3 Å². The summed E-state index contributed by atoms with van der Waals surface area (Å²) in [5, 5.41) is 3.81. The number of nitrogens with one attached hydrogen (secondary N) is 1. The Balaban J connectivity index is 2.11. The van der Waals surface area contributed by atoms with E-state index in [1.54, 1.807) is 31.2 Å². The molecule has 1 unspecified atom stereocenters. The van der Waals surface area contributed by atoms with Crippen molar-refractivity contribution in [3.8, 4) is 5.75 Å². The van der Waals surface area contributed by atoms with Crippen molar-refractivity contribution in [2.45, 2.75) is 31.7 Å². The van der Waals surface area contributed by atoms with Gasteiger partial charge in [-0.1, -0.05) is 48.3 Å². The highest BCUT2D eigenvalue weighted by molar-refractivity contribution is 7.99. The fourth-order valence-corrected chi connectivity index (χ4v) is 4.45. The van der Waals surface area contributed by atoms with Gasteiger partial charge in [-0.05, 0) is 41.8 Å². The molecule has 0 saturated heterocycles. The van der Waals surface area contributed by atoms with Crippen molar-refractivity contribution in [3.05, 3.63) is 63.6 Å². The number of rotatable bonds is 10. The van der Waals surface area contributed by atoms with Gasteiger partial charge < -0.3 is 15.0 Å². The van der Waals surface area contributed by atoms with Crippen molar-refractivity contribution in [2.24, 2.45) is 0 Å². The van der Waals surface area contributed by atoms with Gasteiger partial charge in [0, 0.05) is 29.4 Å². The third-order valence-electron chi connectivity index (χ3n) is 4.64. The van der Waals surface area contributed by atoms with E-state index in [1.165, 1.54) is 11.8 Å². The first-order valence-corrected chi connectivity index (χ1v) is 11.5. The zero-order valence-corrected chi connectivity index (χ0v) is 19.6. The Kier molecular flexibility index (Phi) is 9.82. The molecular weight excluding hydrogens is 443 g/mol. The first kappa shape index (κ1) is 24.4. The number of methoxy groups -OCH3 is 1. The highest BCUT2D eigenvalue weighted by Crippen LogP contribution is 2.25. The van der Waals surface area contributed by atoms with Gasteiger partial charge >= 0.3 is 0 Å². The summed E-state index contributed by atoms with van der Waals surface area (Å²) in [6.07, 6.45) is 0.523. The van der Waals surface area contributed by atoms with E-state index < -0.39 is 6.04 Å². The quantitative estimate of drug-likeness (QED) is 0.544. The lowest BCUT2D eigenvalue weighted by atomic mass is 10.1. The molecule has 2 aromatic carbocycles. The standard InChI is InChI=1S/C22H26Cl2N2O3S/c1-4-20(22(28)25-2)26(12-15-5-9-18(29-3)10-6-15)21(27)14-30-13-16-7-8-17(23)11-19(16)24/h5-11,20H,4,12-14H2,1-3H3,(H,25,28). The largest absolute Gasteiger partial charge is 0.497 e. The van der Waals surface area contributed by atoms with Crippen molar-refractivity contribution in [1.82, 2.24) is 10.2 Å². The number of carbonyl (C=O) groups is 2. The molecule has 0 aliphatic rings. The molecule has 0 spiro atoms. The van der Waals surface area contributed by atoms with Crippen LogP contribution in [-0.2, 0) is 21.9 Å². The summed E-state index contributed by atoms with van der Waals surface area (Å²) in [7, 11) is 3.19. The molecule has 2 aromatic rings. The number of hydrogen-bond acceptors (Lipinski definition) is 4. The average Bonchev–Trinajstić information content (AvgIpc) is 2.75. The molecule has 2 rings (SSSR count). The molecule has 0 bridgehead atoms. The smallest absolute Gasteiger partial charge is 0.242 e. The third kappa shape index (κ3) is 6.83. The van der Waals surface area contributed by atoms with Gasteiger partial charge in [-0.3, -0.25) is 9.59 Å². The molecule has 2 amide bonds. The minimum absolute atomic E-state index is 0.101. The molecule has 0 aliphatic carbocycles. The Labute approximate surface area is 192 Å². The normalized spacial score (nSPS) is 11.6. The predicted octanol–water partition coefficient (Wildman–Crippen LogP) is 4.79. The second-order valence-electron chi connectivity index (χ2n) is 6.64. The van der Waals surface area contributed by atoms with Gasteiger partial charge in [0.25, 0.3) is 0 Å². The number of hydrogen-bond donors (Lipinski definition) is 1. The minimum Gasteiger partial charge on any atom is -0.497 e. The maximum atomic E-state index is 13.1.